The number of hydrogen-bond acceptors (Lipinski definition) is 8. The average Bonchev–Trinajstić information content (AvgIpc) is 3.05. The molecule has 0 radical (unpaired) electrons. The van der Waals surface area contributed by atoms with Crippen LogP contribution in [0, 0.1) is 5.82 Å². The number of benzene rings is 2. The van der Waals surface area contributed by atoms with Crippen LogP contribution < -0.4 is 25.4 Å². The number of ether oxygens (including phenoxy) is 2. The van der Waals surface area contributed by atoms with Gasteiger partial charge < -0.3 is 30.5 Å². The van der Waals surface area contributed by atoms with Gasteiger partial charge >= 0.3 is 0 Å². The van der Waals surface area contributed by atoms with Crippen LogP contribution in [0.5, 0.6) is 17.2 Å². The summed E-state index contributed by atoms with van der Waals surface area (Å²) in [7, 11) is 1.55. The zero-order valence-electron chi connectivity index (χ0n) is 17.5. The summed E-state index contributed by atoms with van der Waals surface area (Å²) in [6.07, 6.45) is 0.457. The molecule has 1 aromatic heterocycles. The molecule has 2 aliphatic heterocycles. The van der Waals surface area contributed by atoms with Crippen LogP contribution in [0.25, 0.3) is 0 Å². The second kappa shape index (κ2) is 7.26. The fourth-order valence-electron chi connectivity index (χ4n) is 4.00. The van der Waals surface area contributed by atoms with Crippen molar-refractivity contribution in [2.24, 2.45) is 0 Å². The summed E-state index contributed by atoms with van der Waals surface area (Å²) >= 11 is 0. The molecule has 0 saturated carbocycles. The van der Waals surface area contributed by atoms with Crippen LogP contribution >= 0.6 is 0 Å². The van der Waals surface area contributed by atoms with Gasteiger partial charge in [0.1, 0.15) is 23.7 Å². The van der Waals surface area contributed by atoms with E-state index >= 15 is 0 Å². The standard InChI is InChI=1S/C22H20FN5O4/c1-9-14-16(21(30)24-3)19(32-9)17(15-10(2)31-18(14)15)27-22-25-8-13(23)20(28-22)26-11-5-4-6-12(29)7-11/h4-10,29H,1-3H3,(H,24,30)(H2,25,26,27,28). The molecule has 32 heavy (non-hydrogen) atoms. The number of hydrogen-bond donors (Lipinski definition) is 4. The van der Waals surface area contributed by atoms with Gasteiger partial charge in [-0.15, -0.1) is 0 Å². The lowest BCUT2D eigenvalue weighted by molar-refractivity contribution is 0.0960. The second-order valence-corrected chi connectivity index (χ2v) is 7.53. The Bertz CT molecular complexity index is 1270. The van der Waals surface area contributed by atoms with Crippen LogP contribution in [0.3, 0.4) is 0 Å². The van der Waals surface area contributed by atoms with Gasteiger partial charge in [0.2, 0.25) is 5.95 Å². The first kappa shape index (κ1) is 19.9. The SMILES string of the molecule is CNC(=O)c1c2c(Nc3ncc(F)c(Nc4cccc(O)c4)n3)c3c(c1C(C)O2)OC3C. The first-order valence-corrected chi connectivity index (χ1v) is 10.0. The minimum absolute atomic E-state index is 0.0345. The van der Waals surface area contributed by atoms with Crippen LogP contribution in [0.4, 0.5) is 27.5 Å². The number of halogens is 1. The molecule has 10 heteroatoms. The van der Waals surface area contributed by atoms with Gasteiger partial charge in [0.15, 0.2) is 17.4 Å². The van der Waals surface area contributed by atoms with Crippen molar-refractivity contribution in [3.8, 4) is 17.2 Å². The zero-order chi connectivity index (χ0) is 22.6. The van der Waals surface area contributed by atoms with E-state index in [1.54, 1.807) is 19.2 Å². The Morgan fingerprint density at radius 2 is 1.88 bits per heavy atom. The van der Waals surface area contributed by atoms with E-state index in [0.717, 1.165) is 11.8 Å². The van der Waals surface area contributed by atoms with Gasteiger partial charge in [-0.05, 0) is 26.0 Å². The normalized spacial score (nSPS) is 17.5. The third-order valence-corrected chi connectivity index (χ3v) is 5.43. The van der Waals surface area contributed by atoms with E-state index in [9.17, 15) is 14.3 Å². The monoisotopic (exact) mass is 437 g/mol. The Balaban J connectivity index is 1.55. The van der Waals surface area contributed by atoms with E-state index in [0.29, 0.717) is 34.0 Å². The van der Waals surface area contributed by atoms with Gasteiger partial charge in [-0.3, -0.25) is 4.79 Å². The molecule has 0 fully saturated rings. The molecule has 0 aliphatic carbocycles. The van der Waals surface area contributed by atoms with Crippen LogP contribution in [-0.2, 0) is 0 Å². The van der Waals surface area contributed by atoms with Crippen molar-refractivity contribution in [3.63, 3.8) is 0 Å². The molecule has 3 heterocycles. The van der Waals surface area contributed by atoms with Gasteiger partial charge in [-0.1, -0.05) is 6.07 Å². The Morgan fingerprint density at radius 1 is 1.12 bits per heavy atom. The highest BCUT2D eigenvalue weighted by atomic mass is 19.1. The molecule has 2 unspecified atom stereocenters. The number of nitrogens with one attached hydrogen (secondary N) is 3. The lowest BCUT2D eigenvalue weighted by atomic mass is 9.91. The molecule has 3 aromatic rings. The molecule has 4 N–H and O–H groups in total. The minimum Gasteiger partial charge on any atom is -0.508 e. The Morgan fingerprint density at radius 3 is 2.59 bits per heavy atom. The van der Waals surface area contributed by atoms with Crippen molar-refractivity contribution < 1.29 is 23.8 Å². The van der Waals surface area contributed by atoms with Crippen LogP contribution in [-0.4, -0.2) is 28.0 Å². The molecule has 1 amide bonds. The highest BCUT2D eigenvalue weighted by Crippen LogP contribution is 2.59. The zero-order valence-corrected chi connectivity index (χ0v) is 17.5. The maximum atomic E-state index is 14.4. The molecular weight excluding hydrogens is 417 g/mol. The third-order valence-electron chi connectivity index (χ3n) is 5.43. The maximum Gasteiger partial charge on any atom is 0.255 e. The maximum absolute atomic E-state index is 14.4. The van der Waals surface area contributed by atoms with E-state index in [-0.39, 0.29) is 35.6 Å². The predicted octanol–water partition coefficient (Wildman–Crippen LogP) is 4.07. The van der Waals surface area contributed by atoms with E-state index in [1.807, 2.05) is 13.8 Å². The van der Waals surface area contributed by atoms with Gasteiger partial charge in [0, 0.05) is 18.8 Å². The number of amides is 1. The lowest BCUT2D eigenvalue weighted by Gasteiger charge is -2.32. The highest BCUT2D eigenvalue weighted by Gasteiger charge is 2.44. The van der Waals surface area contributed by atoms with Crippen molar-refractivity contribution in [1.29, 1.82) is 0 Å². The number of fused-ring (bicyclic) bond motifs is 4. The van der Waals surface area contributed by atoms with E-state index in [4.69, 9.17) is 9.47 Å². The highest BCUT2D eigenvalue weighted by molar-refractivity contribution is 6.03. The van der Waals surface area contributed by atoms with E-state index in [1.165, 1.54) is 12.1 Å². The number of aromatic hydroxyl groups is 1. The largest absolute Gasteiger partial charge is 0.508 e. The number of anilines is 4. The second-order valence-electron chi connectivity index (χ2n) is 7.53. The van der Waals surface area contributed by atoms with Crippen molar-refractivity contribution >= 4 is 29.0 Å². The van der Waals surface area contributed by atoms with Crippen LogP contribution in [0.15, 0.2) is 30.5 Å². The number of nitrogens with zero attached hydrogens (tertiary/aromatic N) is 2. The number of carbonyl (C=O) groups excluding carboxylic acids is 1. The molecule has 164 valence electrons. The quantitative estimate of drug-likeness (QED) is 0.472. The third kappa shape index (κ3) is 3.03. The summed E-state index contributed by atoms with van der Waals surface area (Å²) in [4.78, 5) is 20.8. The fourth-order valence-corrected chi connectivity index (χ4v) is 4.00. The predicted molar refractivity (Wildman–Crippen MR) is 115 cm³/mol. The molecule has 2 atom stereocenters. The summed E-state index contributed by atoms with van der Waals surface area (Å²) in [5, 5.41) is 18.2. The molecule has 5 rings (SSSR count). The Kier molecular flexibility index (Phi) is 4.50. The Hall–Kier alpha value is -4.08. The molecule has 2 aliphatic rings. The average molecular weight is 437 g/mol. The number of carbonyl (C=O) groups is 1. The van der Waals surface area contributed by atoms with Gasteiger partial charge in [-0.2, -0.15) is 4.98 Å². The number of phenolic OH excluding ortho intramolecular Hbond substituents is 1. The molecular formula is C22H20FN5O4. The smallest absolute Gasteiger partial charge is 0.255 e. The van der Waals surface area contributed by atoms with Crippen LogP contribution in [0.1, 0.15) is 47.5 Å². The first-order valence-electron chi connectivity index (χ1n) is 10.0. The van der Waals surface area contributed by atoms with Gasteiger partial charge in [-0.25, -0.2) is 9.37 Å². The molecule has 0 spiro atoms. The first-order chi connectivity index (χ1) is 15.4. The van der Waals surface area contributed by atoms with Gasteiger partial charge in [0.25, 0.3) is 5.91 Å². The van der Waals surface area contributed by atoms with Crippen molar-refractivity contribution in [2.75, 3.05) is 17.7 Å². The van der Waals surface area contributed by atoms with E-state index < -0.39 is 5.82 Å². The fraction of sp³-hybridized carbons (Fsp3) is 0.227. The van der Waals surface area contributed by atoms with E-state index in [2.05, 4.69) is 25.9 Å². The summed E-state index contributed by atoms with van der Waals surface area (Å²) in [6, 6.07) is 6.24. The summed E-state index contributed by atoms with van der Waals surface area (Å²) in [5.41, 5.74) is 2.93. The van der Waals surface area contributed by atoms with Crippen LogP contribution in [0.2, 0.25) is 0 Å². The topological polar surface area (TPSA) is 118 Å². The summed E-state index contributed by atoms with van der Waals surface area (Å²) in [5.74, 6) is 0.0884. The van der Waals surface area contributed by atoms with Crippen molar-refractivity contribution in [2.45, 2.75) is 26.1 Å². The number of rotatable bonds is 5. The number of aromatic nitrogens is 2. The Labute approximate surface area is 182 Å². The minimum atomic E-state index is -0.667. The molecule has 9 nitrogen and oxygen atoms in total. The number of phenols is 1. The summed E-state index contributed by atoms with van der Waals surface area (Å²) < 4.78 is 26.2. The van der Waals surface area contributed by atoms with Crippen molar-refractivity contribution in [3.05, 3.63) is 53.0 Å². The molecule has 0 saturated heterocycles. The summed E-state index contributed by atoms with van der Waals surface area (Å²) in [6.45, 7) is 3.73. The van der Waals surface area contributed by atoms with Crippen molar-refractivity contribution in [1.82, 2.24) is 15.3 Å². The lowest BCUT2D eigenvalue weighted by Crippen LogP contribution is -2.24. The molecule has 2 aromatic carbocycles. The van der Waals surface area contributed by atoms with Gasteiger partial charge in [0.05, 0.1) is 28.6 Å². The molecule has 2 bridgehead atoms.